The molecule has 1 aliphatic rings. The van der Waals surface area contributed by atoms with Gasteiger partial charge in [-0.15, -0.1) is 0 Å². The number of hydrogen-bond acceptors (Lipinski definition) is 2. The van der Waals surface area contributed by atoms with Crippen LogP contribution in [0.15, 0.2) is 27.7 Å². The summed E-state index contributed by atoms with van der Waals surface area (Å²) in [6.45, 7) is 6.67. The second-order valence-electron chi connectivity index (χ2n) is 5.69. The third-order valence-corrected chi connectivity index (χ3v) is 4.19. The maximum atomic E-state index is 13.8. The first-order chi connectivity index (χ1) is 10.5. The number of aliphatic imine (C=N–C) groups is 1. The minimum absolute atomic E-state index is 0.140. The number of guanidine groups is 1. The van der Waals surface area contributed by atoms with Crippen molar-refractivity contribution in [2.45, 2.75) is 38.8 Å². The Balaban J connectivity index is 1.97. The van der Waals surface area contributed by atoms with Crippen molar-refractivity contribution in [3.63, 3.8) is 0 Å². The summed E-state index contributed by atoms with van der Waals surface area (Å²) in [6.07, 6.45) is 2.14. The minimum atomic E-state index is -0.250. The van der Waals surface area contributed by atoms with Gasteiger partial charge in [0.05, 0.1) is 12.1 Å². The molecule has 1 fully saturated rings. The molecule has 0 spiro atoms. The van der Waals surface area contributed by atoms with Gasteiger partial charge in [-0.1, -0.05) is 22.0 Å². The van der Waals surface area contributed by atoms with E-state index < -0.39 is 0 Å². The van der Waals surface area contributed by atoms with Crippen LogP contribution < -0.4 is 10.6 Å². The zero-order valence-electron chi connectivity index (χ0n) is 13.1. The Bertz CT molecular complexity index is 530. The van der Waals surface area contributed by atoms with Crippen molar-refractivity contribution in [1.82, 2.24) is 10.6 Å². The fourth-order valence-corrected chi connectivity index (χ4v) is 2.74. The SMILES string of the molecule is CCNC(=NCc1ccc(Br)cc1F)NCC1(C)CCCO1. The second kappa shape index (κ2) is 7.92. The van der Waals surface area contributed by atoms with Crippen LogP contribution in [0, 0.1) is 5.82 Å². The lowest BCUT2D eigenvalue weighted by molar-refractivity contribution is 0.0243. The minimum Gasteiger partial charge on any atom is -0.373 e. The molecular weight excluding hydrogens is 349 g/mol. The molecule has 1 aromatic carbocycles. The highest BCUT2D eigenvalue weighted by molar-refractivity contribution is 9.10. The van der Waals surface area contributed by atoms with Crippen molar-refractivity contribution >= 4 is 21.9 Å². The summed E-state index contributed by atoms with van der Waals surface area (Å²) in [4.78, 5) is 4.45. The fraction of sp³-hybridized carbons (Fsp3) is 0.562. The first kappa shape index (κ1) is 17.2. The van der Waals surface area contributed by atoms with Crippen molar-refractivity contribution in [3.8, 4) is 0 Å². The number of hydrogen-bond donors (Lipinski definition) is 2. The molecule has 0 aromatic heterocycles. The maximum absolute atomic E-state index is 13.8. The molecule has 1 unspecified atom stereocenters. The topological polar surface area (TPSA) is 45.7 Å². The molecule has 1 heterocycles. The lowest BCUT2D eigenvalue weighted by Crippen LogP contribution is -2.45. The van der Waals surface area contributed by atoms with Gasteiger partial charge in [0.1, 0.15) is 5.82 Å². The summed E-state index contributed by atoms with van der Waals surface area (Å²) >= 11 is 3.26. The lowest BCUT2D eigenvalue weighted by atomic mass is 10.0. The van der Waals surface area contributed by atoms with Crippen LogP contribution in [0.3, 0.4) is 0 Å². The zero-order valence-corrected chi connectivity index (χ0v) is 14.7. The molecule has 6 heteroatoms. The summed E-state index contributed by atoms with van der Waals surface area (Å²) in [5.74, 6) is 0.432. The second-order valence-corrected chi connectivity index (χ2v) is 6.60. The molecule has 1 aliphatic heterocycles. The van der Waals surface area contributed by atoms with Crippen LogP contribution in [0.4, 0.5) is 4.39 Å². The predicted molar refractivity (Wildman–Crippen MR) is 90.5 cm³/mol. The molecule has 0 saturated carbocycles. The Morgan fingerprint density at radius 2 is 2.27 bits per heavy atom. The van der Waals surface area contributed by atoms with Crippen molar-refractivity contribution < 1.29 is 9.13 Å². The standard InChI is InChI=1S/C16H23BrFN3O/c1-3-19-15(21-11-16(2)7-4-8-22-16)20-10-12-5-6-13(17)9-14(12)18/h5-6,9H,3-4,7-8,10-11H2,1-2H3,(H2,19,20,21). The molecule has 1 atom stereocenters. The van der Waals surface area contributed by atoms with Crippen molar-refractivity contribution in [3.05, 3.63) is 34.1 Å². The molecule has 1 aromatic rings. The number of benzene rings is 1. The van der Waals surface area contributed by atoms with Gasteiger partial charge < -0.3 is 15.4 Å². The predicted octanol–water partition coefficient (Wildman–Crippen LogP) is 3.21. The smallest absolute Gasteiger partial charge is 0.191 e. The summed E-state index contributed by atoms with van der Waals surface area (Å²) in [6, 6.07) is 5.02. The van der Waals surface area contributed by atoms with Crippen molar-refractivity contribution in [1.29, 1.82) is 0 Å². The molecule has 0 aliphatic carbocycles. The molecule has 0 bridgehead atoms. The normalized spacial score (nSPS) is 21.9. The number of rotatable bonds is 5. The average Bonchev–Trinajstić information content (AvgIpc) is 2.91. The van der Waals surface area contributed by atoms with E-state index >= 15 is 0 Å². The molecule has 2 N–H and O–H groups in total. The maximum Gasteiger partial charge on any atom is 0.191 e. The van der Waals surface area contributed by atoms with Crippen LogP contribution >= 0.6 is 15.9 Å². The Hall–Kier alpha value is -1.14. The fourth-order valence-electron chi connectivity index (χ4n) is 2.40. The summed E-state index contributed by atoms with van der Waals surface area (Å²) in [5.41, 5.74) is 0.433. The number of nitrogens with one attached hydrogen (secondary N) is 2. The van der Waals surface area contributed by atoms with Gasteiger partial charge >= 0.3 is 0 Å². The van der Waals surface area contributed by atoms with Gasteiger partial charge in [-0.25, -0.2) is 9.38 Å². The van der Waals surface area contributed by atoms with E-state index in [1.54, 1.807) is 6.07 Å². The summed E-state index contributed by atoms with van der Waals surface area (Å²) < 4.78 is 20.3. The van der Waals surface area contributed by atoms with Gasteiger partial charge in [-0.2, -0.15) is 0 Å². The van der Waals surface area contributed by atoms with Gasteiger partial charge in [-0.3, -0.25) is 0 Å². The van der Waals surface area contributed by atoms with Gasteiger partial charge in [0, 0.05) is 29.7 Å². The van der Waals surface area contributed by atoms with Crippen LogP contribution in [-0.2, 0) is 11.3 Å². The van der Waals surface area contributed by atoms with Crippen LogP contribution in [0.2, 0.25) is 0 Å². The molecule has 0 radical (unpaired) electrons. The third-order valence-electron chi connectivity index (χ3n) is 3.70. The summed E-state index contributed by atoms with van der Waals surface area (Å²) in [7, 11) is 0. The highest BCUT2D eigenvalue weighted by atomic mass is 79.9. The molecule has 22 heavy (non-hydrogen) atoms. The number of halogens is 2. The van der Waals surface area contributed by atoms with Gasteiger partial charge in [-0.05, 0) is 38.8 Å². The molecule has 1 saturated heterocycles. The van der Waals surface area contributed by atoms with Crippen LogP contribution in [0.25, 0.3) is 0 Å². The Kier molecular flexibility index (Phi) is 6.20. The van der Waals surface area contributed by atoms with Crippen LogP contribution in [0.5, 0.6) is 0 Å². The van der Waals surface area contributed by atoms with E-state index in [4.69, 9.17) is 4.74 Å². The van der Waals surface area contributed by atoms with Crippen LogP contribution in [-0.4, -0.2) is 31.3 Å². The highest BCUT2D eigenvalue weighted by Crippen LogP contribution is 2.23. The van der Waals surface area contributed by atoms with E-state index in [0.29, 0.717) is 24.6 Å². The summed E-state index contributed by atoms with van der Waals surface area (Å²) in [5, 5.41) is 6.46. The highest BCUT2D eigenvalue weighted by Gasteiger charge is 2.29. The lowest BCUT2D eigenvalue weighted by Gasteiger charge is -2.24. The van der Waals surface area contributed by atoms with E-state index in [1.807, 2.05) is 13.0 Å². The Morgan fingerprint density at radius 3 is 2.91 bits per heavy atom. The number of nitrogens with zero attached hydrogens (tertiary/aromatic N) is 1. The molecule has 4 nitrogen and oxygen atoms in total. The van der Waals surface area contributed by atoms with Gasteiger partial charge in [0.25, 0.3) is 0 Å². The largest absolute Gasteiger partial charge is 0.373 e. The molecular formula is C16H23BrFN3O. The van der Waals surface area contributed by atoms with E-state index in [-0.39, 0.29) is 11.4 Å². The first-order valence-electron chi connectivity index (χ1n) is 7.62. The monoisotopic (exact) mass is 371 g/mol. The van der Waals surface area contributed by atoms with E-state index in [0.717, 1.165) is 30.5 Å². The van der Waals surface area contributed by atoms with Crippen LogP contribution in [0.1, 0.15) is 32.3 Å². The van der Waals surface area contributed by atoms with Crippen molar-refractivity contribution in [2.75, 3.05) is 19.7 Å². The molecule has 0 amide bonds. The Labute approximate surface area is 139 Å². The molecule has 122 valence electrons. The van der Waals surface area contributed by atoms with Gasteiger partial charge in [0.15, 0.2) is 5.96 Å². The third kappa shape index (κ3) is 4.95. The van der Waals surface area contributed by atoms with E-state index in [2.05, 4.69) is 38.5 Å². The zero-order chi connectivity index (χ0) is 16.0. The molecule has 2 rings (SSSR count). The Morgan fingerprint density at radius 1 is 1.45 bits per heavy atom. The van der Waals surface area contributed by atoms with Crippen molar-refractivity contribution in [2.24, 2.45) is 4.99 Å². The van der Waals surface area contributed by atoms with E-state index in [9.17, 15) is 4.39 Å². The first-order valence-corrected chi connectivity index (χ1v) is 8.42. The number of ether oxygens (including phenoxy) is 1. The van der Waals surface area contributed by atoms with E-state index in [1.165, 1.54) is 6.07 Å². The van der Waals surface area contributed by atoms with Gasteiger partial charge in [0.2, 0.25) is 0 Å². The average molecular weight is 372 g/mol. The quantitative estimate of drug-likeness (QED) is 0.616.